The Bertz CT molecular complexity index is 1100. The number of rotatable bonds is 4. The van der Waals surface area contributed by atoms with Gasteiger partial charge in [0.2, 0.25) is 20.0 Å². The summed E-state index contributed by atoms with van der Waals surface area (Å²) in [5.74, 6) is -0.180. The van der Waals surface area contributed by atoms with Crippen molar-refractivity contribution in [3.63, 3.8) is 0 Å². The molecule has 1 aliphatic rings. The van der Waals surface area contributed by atoms with Crippen LogP contribution in [0.1, 0.15) is 27.7 Å². The molecule has 0 saturated carbocycles. The van der Waals surface area contributed by atoms with Crippen molar-refractivity contribution in [3.05, 3.63) is 30.3 Å². The van der Waals surface area contributed by atoms with Crippen molar-refractivity contribution in [2.45, 2.75) is 38.9 Å². The first-order valence-corrected chi connectivity index (χ1v) is 12.3. The van der Waals surface area contributed by atoms with Gasteiger partial charge >= 0.3 is 7.12 Å². The number of hydrogen-bond acceptors (Lipinski definition) is 7. The quantitative estimate of drug-likeness (QED) is 0.678. The lowest BCUT2D eigenvalue weighted by Gasteiger charge is -2.32. The van der Waals surface area contributed by atoms with E-state index in [0.29, 0.717) is 14.6 Å². The van der Waals surface area contributed by atoms with E-state index in [4.69, 9.17) is 9.31 Å². The van der Waals surface area contributed by atoms with Crippen LogP contribution in [0, 0.1) is 0 Å². The van der Waals surface area contributed by atoms with Gasteiger partial charge in [0.25, 0.3) is 0 Å². The summed E-state index contributed by atoms with van der Waals surface area (Å²) in [6.07, 6.45) is 1.64. The van der Waals surface area contributed by atoms with Crippen LogP contribution in [-0.4, -0.2) is 52.7 Å². The van der Waals surface area contributed by atoms with Crippen molar-refractivity contribution in [1.29, 1.82) is 0 Å². The van der Waals surface area contributed by atoms with Gasteiger partial charge in [0.15, 0.2) is 5.82 Å². The maximum atomic E-state index is 11.9. The Morgan fingerprint density at radius 2 is 1.43 bits per heavy atom. The molecule has 2 heterocycles. The summed E-state index contributed by atoms with van der Waals surface area (Å²) in [6, 6.07) is 8.27. The van der Waals surface area contributed by atoms with Crippen molar-refractivity contribution in [2.75, 3.05) is 16.2 Å². The molecule has 152 valence electrons. The first-order chi connectivity index (χ1) is 12.6. The number of benzene rings is 1. The van der Waals surface area contributed by atoms with E-state index in [1.54, 1.807) is 18.2 Å². The summed E-state index contributed by atoms with van der Waals surface area (Å²) in [6.45, 7) is 7.86. The number of fused-ring (bicyclic) bond motifs is 1. The number of anilines is 1. The molecular formula is C17H23BN2O6S2. The van der Waals surface area contributed by atoms with Gasteiger partial charge < -0.3 is 9.31 Å². The standard InChI is InChI=1S/C17H23BN2O6S2/c1-16(2)17(3,4)26-18(25-16)13-8-9-14-12(11-13)7-10-15(19-14)20(27(5,21)22)28(6,23)24/h7-11H,1-6H3. The van der Waals surface area contributed by atoms with Gasteiger partial charge in [-0.1, -0.05) is 12.1 Å². The van der Waals surface area contributed by atoms with E-state index in [0.717, 1.165) is 18.0 Å². The molecule has 1 aromatic carbocycles. The van der Waals surface area contributed by atoms with Gasteiger partial charge in [-0.15, -0.1) is 3.71 Å². The Balaban J connectivity index is 2.02. The average molecular weight is 426 g/mol. The summed E-state index contributed by atoms with van der Waals surface area (Å²) >= 11 is 0. The van der Waals surface area contributed by atoms with E-state index in [1.807, 2.05) is 33.8 Å². The third-order valence-corrected chi connectivity index (χ3v) is 8.22. The van der Waals surface area contributed by atoms with E-state index < -0.39 is 38.4 Å². The van der Waals surface area contributed by atoms with Gasteiger partial charge in [-0.25, -0.2) is 21.8 Å². The maximum Gasteiger partial charge on any atom is 0.494 e. The van der Waals surface area contributed by atoms with Gasteiger partial charge in [-0.05, 0) is 56.7 Å². The molecule has 0 unspecified atom stereocenters. The smallest absolute Gasteiger partial charge is 0.399 e. The fourth-order valence-electron chi connectivity index (χ4n) is 2.95. The van der Waals surface area contributed by atoms with Gasteiger partial charge in [0, 0.05) is 0 Å². The Morgan fingerprint density at radius 3 is 1.93 bits per heavy atom. The number of sulfonamides is 2. The molecule has 3 rings (SSSR count). The predicted octanol–water partition coefficient (Wildman–Crippen LogP) is 1.26. The zero-order valence-corrected chi connectivity index (χ0v) is 18.3. The van der Waals surface area contributed by atoms with E-state index in [1.165, 1.54) is 6.07 Å². The SMILES string of the molecule is CC1(C)OB(c2ccc3nc(N(S(C)(=O)=O)S(C)(=O)=O)ccc3c2)OC1(C)C. The van der Waals surface area contributed by atoms with Crippen LogP contribution >= 0.6 is 0 Å². The highest BCUT2D eigenvalue weighted by Crippen LogP contribution is 2.36. The molecule has 1 aromatic heterocycles. The van der Waals surface area contributed by atoms with Gasteiger partial charge in [0.05, 0.1) is 29.2 Å². The minimum atomic E-state index is -4.05. The zero-order chi connectivity index (χ0) is 21.1. The molecule has 0 bridgehead atoms. The second kappa shape index (κ2) is 6.41. The van der Waals surface area contributed by atoms with Crippen molar-refractivity contribution in [2.24, 2.45) is 0 Å². The third-order valence-electron chi connectivity index (χ3n) is 5.01. The van der Waals surface area contributed by atoms with E-state index in [9.17, 15) is 16.8 Å². The van der Waals surface area contributed by atoms with Gasteiger partial charge in [-0.3, -0.25) is 0 Å². The van der Waals surface area contributed by atoms with E-state index in [-0.39, 0.29) is 5.82 Å². The molecule has 11 heteroatoms. The normalized spacial score (nSPS) is 19.1. The van der Waals surface area contributed by atoms with Crippen LogP contribution in [0.5, 0.6) is 0 Å². The first kappa shape index (κ1) is 21.0. The number of hydrogen-bond donors (Lipinski definition) is 0. The Morgan fingerprint density at radius 1 is 0.893 bits per heavy atom. The molecule has 0 spiro atoms. The summed E-state index contributed by atoms with van der Waals surface area (Å²) in [5.41, 5.74) is 0.305. The molecule has 0 amide bonds. The van der Waals surface area contributed by atoms with Crippen LogP contribution in [0.15, 0.2) is 30.3 Å². The summed E-state index contributed by atoms with van der Waals surface area (Å²) < 4.78 is 60.2. The highest BCUT2D eigenvalue weighted by atomic mass is 32.3. The Kier molecular flexibility index (Phi) is 4.82. The second-order valence-electron chi connectivity index (χ2n) is 7.93. The topological polar surface area (TPSA) is 103 Å². The zero-order valence-electron chi connectivity index (χ0n) is 16.6. The van der Waals surface area contributed by atoms with E-state index in [2.05, 4.69) is 4.98 Å². The fraction of sp³-hybridized carbons (Fsp3) is 0.471. The molecule has 1 fully saturated rings. The average Bonchev–Trinajstić information content (AvgIpc) is 2.72. The highest BCUT2D eigenvalue weighted by Gasteiger charge is 2.51. The largest absolute Gasteiger partial charge is 0.494 e. The van der Waals surface area contributed by atoms with Gasteiger partial charge in [0.1, 0.15) is 0 Å². The minimum Gasteiger partial charge on any atom is -0.399 e. The molecule has 8 nitrogen and oxygen atoms in total. The van der Waals surface area contributed by atoms with Crippen molar-refractivity contribution in [1.82, 2.24) is 4.98 Å². The second-order valence-corrected chi connectivity index (χ2v) is 11.8. The molecule has 0 radical (unpaired) electrons. The molecule has 1 aliphatic heterocycles. The van der Waals surface area contributed by atoms with E-state index >= 15 is 0 Å². The number of nitrogens with zero attached hydrogens (tertiary/aromatic N) is 2. The molecule has 1 saturated heterocycles. The van der Waals surface area contributed by atoms with Gasteiger partial charge in [-0.2, -0.15) is 0 Å². The van der Waals surface area contributed by atoms with Crippen LogP contribution in [0.25, 0.3) is 10.9 Å². The molecule has 2 aromatic rings. The summed E-state index contributed by atoms with van der Waals surface area (Å²) in [4.78, 5) is 4.22. The Hall–Kier alpha value is -1.69. The van der Waals surface area contributed by atoms with Crippen LogP contribution in [0.4, 0.5) is 5.82 Å². The number of pyridine rings is 1. The Labute approximate surface area is 166 Å². The van der Waals surface area contributed by atoms with Crippen LogP contribution in [0.3, 0.4) is 0 Å². The van der Waals surface area contributed by atoms with Crippen LogP contribution in [-0.2, 0) is 29.4 Å². The maximum absolute atomic E-state index is 11.9. The fourth-order valence-corrected chi connectivity index (χ4v) is 5.80. The minimum absolute atomic E-state index is 0.180. The van der Waals surface area contributed by atoms with Crippen LogP contribution in [0.2, 0.25) is 0 Å². The summed E-state index contributed by atoms with van der Waals surface area (Å²) in [5, 5.41) is 0.706. The van der Waals surface area contributed by atoms with Crippen molar-refractivity contribution >= 4 is 49.3 Å². The summed E-state index contributed by atoms with van der Waals surface area (Å²) in [7, 11) is -8.64. The lowest BCUT2D eigenvalue weighted by molar-refractivity contribution is 0.00578. The molecule has 0 aliphatic carbocycles. The third kappa shape index (κ3) is 3.76. The first-order valence-electron chi connectivity index (χ1n) is 8.59. The lowest BCUT2D eigenvalue weighted by Crippen LogP contribution is -2.41. The predicted molar refractivity (Wildman–Crippen MR) is 110 cm³/mol. The molecule has 0 atom stereocenters. The highest BCUT2D eigenvalue weighted by molar-refractivity contribution is 8.09. The van der Waals surface area contributed by atoms with Crippen LogP contribution < -0.4 is 9.17 Å². The monoisotopic (exact) mass is 426 g/mol. The molecule has 28 heavy (non-hydrogen) atoms. The molecular weight excluding hydrogens is 403 g/mol. The lowest BCUT2D eigenvalue weighted by atomic mass is 9.78. The van der Waals surface area contributed by atoms with Crippen molar-refractivity contribution < 1.29 is 26.1 Å². The molecule has 0 N–H and O–H groups in total. The number of aromatic nitrogens is 1. The van der Waals surface area contributed by atoms with Crippen molar-refractivity contribution in [3.8, 4) is 0 Å².